The van der Waals surface area contributed by atoms with Crippen LogP contribution < -0.4 is 0 Å². The second kappa shape index (κ2) is 10.8. The van der Waals surface area contributed by atoms with Gasteiger partial charge in [0.1, 0.15) is 0 Å². The molecule has 4 aliphatic rings. The zero-order valence-electron chi connectivity index (χ0n) is 25.5. The van der Waals surface area contributed by atoms with E-state index in [0.717, 1.165) is 6.42 Å². The Labute approximate surface area is 276 Å². The van der Waals surface area contributed by atoms with Crippen LogP contribution in [0.3, 0.4) is 0 Å². The van der Waals surface area contributed by atoms with Crippen molar-refractivity contribution in [2.24, 2.45) is 11.8 Å². The van der Waals surface area contributed by atoms with Gasteiger partial charge in [-0.15, -0.1) is 0 Å². The average Bonchev–Trinajstić information content (AvgIpc) is 3.76. The van der Waals surface area contributed by atoms with E-state index in [4.69, 9.17) is 0 Å². The van der Waals surface area contributed by atoms with Crippen LogP contribution in [0.2, 0.25) is 0 Å². The third kappa shape index (κ3) is 4.23. The molecule has 5 unspecified atom stereocenters. The zero-order chi connectivity index (χ0) is 30.1. The van der Waals surface area contributed by atoms with Gasteiger partial charge in [0.15, 0.2) is 0 Å². The Morgan fingerprint density at radius 2 is 1.20 bits per heavy atom. The number of allylic oxidation sites excluding steroid dienone is 3. The van der Waals surface area contributed by atoms with Gasteiger partial charge in [-0.3, -0.25) is 0 Å². The van der Waals surface area contributed by atoms with Crippen LogP contribution in [-0.4, -0.2) is 4.23 Å². The number of benzene rings is 5. The molecule has 5 aromatic rings. The van der Waals surface area contributed by atoms with Crippen molar-refractivity contribution >= 4 is 9.80 Å². The fourth-order valence-electron chi connectivity index (χ4n) is 9.58. The third-order valence-electron chi connectivity index (χ3n) is 11.2. The molecule has 5 atom stereocenters. The van der Waals surface area contributed by atoms with Crippen molar-refractivity contribution in [3.63, 3.8) is 0 Å². The number of rotatable bonds is 5. The summed E-state index contributed by atoms with van der Waals surface area (Å²) >= 11 is 3.03. The van der Waals surface area contributed by atoms with Gasteiger partial charge in [-0.25, -0.2) is 0 Å². The number of hydrogen-bond acceptors (Lipinski definition) is 0. The molecule has 45 heavy (non-hydrogen) atoms. The van der Waals surface area contributed by atoms with E-state index < -0.39 is 0 Å². The van der Waals surface area contributed by atoms with Crippen LogP contribution in [-0.2, 0) is 23.4 Å². The van der Waals surface area contributed by atoms with Crippen LogP contribution in [0.15, 0.2) is 140 Å². The van der Waals surface area contributed by atoms with Gasteiger partial charge in [-0.1, -0.05) is 0 Å². The fraction of sp³-hybridized carbons (Fsp3) is 0.205. The summed E-state index contributed by atoms with van der Waals surface area (Å²) in [6.45, 7) is 4.52. The second-order valence-corrected chi connectivity index (χ2v) is 14.3. The van der Waals surface area contributed by atoms with Gasteiger partial charge in [-0.05, 0) is 0 Å². The van der Waals surface area contributed by atoms with Crippen molar-refractivity contribution in [2.75, 3.05) is 0 Å². The minimum absolute atomic E-state index is 0.349. The molecule has 215 valence electrons. The summed E-state index contributed by atoms with van der Waals surface area (Å²) in [6.07, 6.45) is 7.12. The fourth-order valence-corrected chi connectivity index (χ4v) is 10.4. The Kier molecular flexibility index (Phi) is 6.59. The van der Waals surface area contributed by atoms with E-state index in [9.17, 15) is 0 Å². The molecular weight excluding hydrogens is 579 g/mol. The molecule has 1 heteroatoms. The first-order valence-corrected chi connectivity index (χ1v) is 17.3. The predicted octanol–water partition coefficient (Wildman–Crippen LogP) is 10.4. The summed E-state index contributed by atoms with van der Waals surface area (Å²) < 4.78 is 1.47. The Bertz CT molecular complexity index is 2030. The molecule has 0 aliphatic heterocycles. The van der Waals surface area contributed by atoms with Gasteiger partial charge in [-0.2, -0.15) is 0 Å². The summed E-state index contributed by atoms with van der Waals surface area (Å²) in [5.74, 6) is 2.37. The molecule has 5 aromatic carbocycles. The molecule has 0 amide bonds. The molecule has 4 aliphatic carbocycles. The van der Waals surface area contributed by atoms with Crippen molar-refractivity contribution in [1.82, 2.24) is 0 Å². The van der Waals surface area contributed by atoms with Gasteiger partial charge in [0.05, 0.1) is 0 Å². The molecule has 0 heterocycles. The molecule has 0 spiro atoms. The van der Waals surface area contributed by atoms with Crippen molar-refractivity contribution < 1.29 is 17.0 Å². The molecule has 1 fully saturated rings. The van der Waals surface area contributed by atoms with E-state index >= 15 is 0 Å². The molecule has 9 rings (SSSR count). The molecule has 0 radical (unpaired) electrons. The van der Waals surface area contributed by atoms with E-state index in [1.807, 2.05) is 0 Å². The Morgan fingerprint density at radius 1 is 0.600 bits per heavy atom. The van der Waals surface area contributed by atoms with E-state index in [2.05, 4.69) is 151 Å². The van der Waals surface area contributed by atoms with E-state index in [1.54, 1.807) is 16.7 Å². The third-order valence-corrected chi connectivity index (χ3v) is 12.0. The van der Waals surface area contributed by atoms with Crippen molar-refractivity contribution in [3.8, 4) is 11.1 Å². The monoisotopic (exact) mass is 615 g/mol. The van der Waals surface area contributed by atoms with E-state index in [-0.39, 0.29) is 0 Å². The maximum atomic E-state index is 4.52. The van der Waals surface area contributed by atoms with Crippen molar-refractivity contribution in [3.05, 3.63) is 184 Å². The minimum atomic E-state index is 0.349. The second-order valence-electron chi connectivity index (χ2n) is 13.5. The molecule has 0 saturated heterocycles. The molecule has 0 bridgehead atoms. The Morgan fingerprint density at radius 3 is 2.00 bits per heavy atom. The van der Waals surface area contributed by atoms with E-state index in [1.165, 1.54) is 73.6 Å². The predicted molar refractivity (Wildman–Crippen MR) is 183 cm³/mol. The van der Waals surface area contributed by atoms with Gasteiger partial charge in [0.2, 0.25) is 0 Å². The number of hydrogen-bond donors (Lipinski definition) is 0. The molecule has 0 aromatic heterocycles. The molecule has 0 N–H and O–H groups in total. The van der Waals surface area contributed by atoms with Crippen LogP contribution in [0.4, 0.5) is 0 Å². The first-order valence-electron chi connectivity index (χ1n) is 16.6. The topological polar surface area (TPSA) is 0 Å². The van der Waals surface area contributed by atoms with Crippen LogP contribution in [0, 0.1) is 11.8 Å². The molecule has 0 nitrogen and oxygen atoms in total. The van der Waals surface area contributed by atoms with Gasteiger partial charge < -0.3 is 0 Å². The van der Waals surface area contributed by atoms with Crippen molar-refractivity contribution in [1.29, 1.82) is 0 Å². The van der Waals surface area contributed by atoms with Crippen molar-refractivity contribution in [2.45, 2.75) is 43.4 Å². The Hall–Kier alpha value is -3.97. The summed E-state index contributed by atoms with van der Waals surface area (Å²) in [6, 6.07) is 45.7. The van der Waals surface area contributed by atoms with Crippen LogP contribution >= 0.6 is 0 Å². The quantitative estimate of drug-likeness (QED) is 0.181. The Balaban J connectivity index is 1.13. The van der Waals surface area contributed by atoms with Gasteiger partial charge in [0, 0.05) is 0 Å². The number of fused-ring (bicyclic) bond motifs is 6. The summed E-state index contributed by atoms with van der Waals surface area (Å²) in [5.41, 5.74) is 17.4. The first kappa shape index (κ1) is 27.4. The maximum absolute atomic E-state index is 4.52. The first-order chi connectivity index (χ1) is 22.2. The SMILES string of the molecule is C=C(C=C1[C](=[V+2])C(C2CCCC2C2c3ccccc3C3c4ccccc4-c4cccc2c43)c2ccccc21)Cc1ccccc1. The van der Waals surface area contributed by atoms with Crippen LogP contribution in [0.25, 0.3) is 16.7 Å². The summed E-state index contributed by atoms with van der Waals surface area (Å²) in [4.78, 5) is 0. The van der Waals surface area contributed by atoms with Crippen LogP contribution in [0.5, 0.6) is 0 Å². The van der Waals surface area contributed by atoms with Gasteiger partial charge >= 0.3 is 277 Å². The van der Waals surface area contributed by atoms with E-state index in [0.29, 0.717) is 29.6 Å². The summed E-state index contributed by atoms with van der Waals surface area (Å²) in [5, 5.41) is 0. The molecule has 1 saturated carbocycles. The standard InChI is InChI=1S/C44H36.V/c1-28(25-29-13-3-2-4-14-29)26-30-27-41(32-16-6-5-15-31(30)32)34-21-11-22-35(34)42-38-19-9-10-20-39(38)43-36-18-8-7-17-33(36)37-23-12-24-40(42)44(37)43;/h2-10,12-20,23-24,26,34-35,41-43H,1,11,21-22,25H2;/q;+2. The van der Waals surface area contributed by atoms with Gasteiger partial charge in [0.25, 0.3) is 0 Å². The summed E-state index contributed by atoms with van der Waals surface area (Å²) in [7, 11) is 0. The normalized spacial score (nSPS) is 24.7. The zero-order valence-corrected chi connectivity index (χ0v) is 26.9. The average molecular weight is 616 g/mol. The molecular formula is C44H36V+2. The van der Waals surface area contributed by atoms with Crippen LogP contribution in [0.1, 0.15) is 81.5 Å².